The zero-order chi connectivity index (χ0) is 23.5. The van der Waals surface area contributed by atoms with Crippen LogP contribution in [0.2, 0.25) is 0 Å². The van der Waals surface area contributed by atoms with Gasteiger partial charge in [-0.3, -0.25) is 9.59 Å². The number of Topliss-reactive ketones (excluding diaryl/α,β-unsaturated/α-hetero) is 1. The maximum absolute atomic E-state index is 13.4. The molecule has 0 aliphatic carbocycles. The number of nitrogens with zero attached hydrogens (tertiary/aromatic N) is 1. The summed E-state index contributed by atoms with van der Waals surface area (Å²) in [5.41, 5.74) is 0.765. The Balaban J connectivity index is 1.83. The number of ketones is 1. The Bertz CT molecular complexity index is 1070. The first-order valence-corrected chi connectivity index (χ1v) is 10.9. The lowest BCUT2D eigenvalue weighted by Crippen LogP contribution is -2.36. The number of carbonyl (C=O) groups excluding carboxylic acids is 2. The first-order chi connectivity index (χ1) is 15.9. The topological polar surface area (TPSA) is 85.3 Å². The summed E-state index contributed by atoms with van der Waals surface area (Å²) in [7, 11) is 1.50. The highest BCUT2D eigenvalue weighted by atomic mass is 19.1. The van der Waals surface area contributed by atoms with Crippen molar-refractivity contribution < 1.29 is 33.3 Å². The molecule has 33 heavy (non-hydrogen) atoms. The monoisotopic (exact) mass is 455 g/mol. The van der Waals surface area contributed by atoms with Crippen molar-refractivity contribution in [3.8, 4) is 11.5 Å². The number of benzene rings is 2. The molecule has 1 N–H and O–H groups in total. The Hall–Kier alpha value is -3.39. The second-order valence-corrected chi connectivity index (χ2v) is 7.94. The van der Waals surface area contributed by atoms with Crippen molar-refractivity contribution >= 4 is 17.4 Å². The first kappa shape index (κ1) is 22.8. The van der Waals surface area contributed by atoms with Crippen LogP contribution in [-0.4, -0.2) is 54.7 Å². The summed E-state index contributed by atoms with van der Waals surface area (Å²) in [5.74, 6) is -1.38. The van der Waals surface area contributed by atoms with Gasteiger partial charge in [-0.15, -0.1) is 0 Å². The number of rotatable bonds is 7. The lowest BCUT2D eigenvalue weighted by molar-refractivity contribution is -0.140. The number of hydrogen-bond donors (Lipinski definition) is 1. The van der Waals surface area contributed by atoms with Gasteiger partial charge >= 0.3 is 0 Å². The van der Waals surface area contributed by atoms with Gasteiger partial charge in [-0.25, -0.2) is 4.39 Å². The molecule has 2 aliphatic rings. The van der Waals surface area contributed by atoms with Gasteiger partial charge in [-0.1, -0.05) is 6.07 Å². The molecule has 0 bridgehead atoms. The van der Waals surface area contributed by atoms with Crippen LogP contribution in [0, 0.1) is 5.82 Å². The number of carbonyl (C=O) groups is 2. The van der Waals surface area contributed by atoms with Crippen LogP contribution < -0.4 is 9.47 Å². The SMILES string of the molecule is CCOc1ccc([C@@H]2C(=C(O)c3ccc(F)cc3)C(=O)C(=O)N2C[C@H]2CCCO2)cc1OC. The molecule has 0 saturated carbocycles. The molecule has 2 aromatic carbocycles. The van der Waals surface area contributed by atoms with Crippen LogP contribution >= 0.6 is 0 Å². The fourth-order valence-corrected chi connectivity index (χ4v) is 4.31. The van der Waals surface area contributed by atoms with Crippen molar-refractivity contribution in [2.75, 3.05) is 26.9 Å². The fraction of sp³-hybridized carbons (Fsp3) is 0.360. The van der Waals surface area contributed by atoms with E-state index in [1.165, 1.54) is 36.3 Å². The lowest BCUT2D eigenvalue weighted by Gasteiger charge is -2.28. The highest BCUT2D eigenvalue weighted by Gasteiger charge is 2.47. The van der Waals surface area contributed by atoms with E-state index in [0.717, 1.165) is 12.8 Å². The number of aliphatic hydroxyl groups excluding tert-OH is 1. The van der Waals surface area contributed by atoms with Gasteiger partial charge < -0.3 is 24.2 Å². The molecule has 1 amide bonds. The lowest BCUT2D eigenvalue weighted by atomic mass is 9.94. The van der Waals surface area contributed by atoms with Crippen molar-refractivity contribution in [3.05, 3.63) is 65.0 Å². The van der Waals surface area contributed by atoms with Crippen molar-refractivity contribution in [1.29, 1.82) is 0 Å². The number of halogens is 1. The second-order valence-electron chi connectivity index (χ2n) is 7.94. The van der Waals surface area contributed by atoms with Crippen molar-refractivity contribution in [3.63, 3.8) is 0 Å². The molecule has 8 heteroatoms. The third-order valence-corrected chi connectivity index (χ3v) is 5.89. The Morgan fingerprint density at radius 2 is 1.94 bits per heavy atom. The van der Waals surface area contributed by atoms with E-state index in [0.29, 0.717) is 30.3 Å². The molecule has 0 spiro atoms. The third kappa shape index (κ3) is 4.43. The molecule has 2 heterocycles. The molecule has 2 aliphatic heterocycles. The maximum Gasteiger partial charge on any atom is 0.295 e. The highest BCUT2D eigenvalue weighted by molar-refractivity contribution is 6.46. The van der Waals surface area contributed by atoms with Crippen LogP contribution in [-0.2, 0) is 14.3 Å². The molecule has 0 radical (unpaired) electrons. The van der Waals surface area contributed by atoms with Gasteiger partial charge in [0.05, 0.1) is 31.4 Å². The molecule has 4 rings (SSSR count). The maximum atomic E-state index is 13.4. The minimum absolute atomic E-state index is 0.0594. The molecule has 0 aromatic heterocycles. The minimum Gasteiger partial charge on any atom is -0.507 e. The number of ether oxygens (including phenoxy) is 3. The van der Waals surface area contributed by atoms with Crippen LogP contribution in [0.15, 0.2) is 48.0 Å². The number of hydrogen-bond acceptors (Lipinski definition) is 6. The van der Waals surface area contributed by atoms with Crippen LogP contribution in [0.5, 0.6) is 11.5 Å². The van der Waals surface area contributed by atoms with E-state index in [9.17, 15) is 19.1 Å². The summed E-state index contributed by atoms with van der Waals surface area (Å²) < 4.78 is 30.2. The summed E-state index contributed by atoms with van der Waals surface area (Å²) in [5, 5.41) is 11.0. The number of amides is 1. The second kappa shape index (κ2) is 9.62. The van der Waals surface area contributed by atoms with Crippen LogP contribution in [0.4, 0.5) is 4.39 Å². The van der Waals surface area contributed by atoms with Gasteiger partial charge in [0, 0.05) is 18.7 Å². The Morgan fingerprint density at radius 3 is 2.58 bits per heavy atom. The number of likely N-dealkylation sites (tertiary alicyclic amines) is 1. The Labute approximate surface area is 191 Å². The van der Waals surface area contributed by atoms with Crippen molar-refractivity contribution in [2.45, 2.75) is 31.9 Å². The van der Waals surface area contributed by atoms with Gasteiger partial charge in [0.25, 0.3) is 11.7 Å². The Kier molecular flexibility index (Phi) is 6.65. The molecule has 2 aromatic rings. The van der Waals surface area contributed by atoms with Crippen molar-refractivity contribution in [2.24, 2.45) is 0 Å². The molecular formula is C25H26FNO6. The van der Waals surface area contributed by atoms with E-state index in [1.807, 2.05) is 6.92 Å². The molecular weight excluding hydrogens is 429 g/mol. The average Bonchev–Trinajstić information content (AvgIpc) is 3.42. The molecule has 2 saturated heterocycles. The van der Waals surface area contributed by atoms with Gasteiger partial charge in [0.1, 0.15) is 11.6 Å². The van der Waals surface area contributed by atoms with Gasteiger partial charge in [-0.05, 0) is 61.7 Å². The quantitative estimate of drug-likeness (QED) is 0.388. The van der Waals surface area contributed by atoms with Gasteiger partial charge in [-0.2, -0.15) is 0 Å². The van der Waals surface area contributed by atoms with E-state index in [-0.39, 0.29) is 29.5 Å². The van der Waals surface area contributed by atoms with E-state index in [4.69, 9.17) is 14.2 Å². The normalized spacial score (nSPS) is 22.1. The standard InChI is InChI=1S/C25H26FNO6/c1-3-32-19-11-8-16(13-20(19)31-2)22-21(23(28)15-6-9-17(26)10-7-15)24(29)25(30)27(22)14-18-5-4-12-33-18/h6-11,13,18,22,28H,3-5,12,14H2,1-2H3/t18-,22-/m1/s1. The number of aliphatic hydroxyl groups is 1. The summed E-state index contributed by atoms with van der Waals surface area (Å²) >= 11 is 0. The van der Waals surface area contributed by atoms with Gasteiger partial charge in [0.15, 0.2) is 11.5 Å². The van der Waals surface area contributed by atoms with Crippen molar-refractivity contribution in [1.82, 2.24) is 4.90 Å². The van der Waals surface area contributed by atoms with E-state index < -0.39 is 23.5 Å². The smallest absolute Gasteiger partial charge is 0.295 e. The summed E-state index contributed by atoms with van der Waals surface area (Å²) in [6.45, 7) is 3.11. The first-order valence-electron chi connectivity index (χ1n) is 10.9. The zero-order valence-corrected chi connectivity index (χ0v) is 18.5. The molecule has 2 atom stereocenters. The third-order valence-electron chi connectivity index (χ3n) is 5.89. The van der Waals surface area contributed by atoms with Crippen LogP contribution in [0.3, 0.4) is 0 Å². The summed E-state index contributed by atoms with van der Waals surface area (Å²) in [6, 6.07) is 9.40. The zero-order valence-electron chi connectivity index (χ0n) is 18.5. The minimum atomic E-state index is -0.858. The molecule has 174 valence electrons. The molecule has 2 fully saturated rings. The average molecular weight is 455 g/mol. The van der Waals surface area contributed by atoms with E-state index in [2.05, 4.69) is 0 Å². The van der Waals surface area contributed by atoms with E-state index >= 15 is 0 Å². The van der Waals surface area contributed by atoms with Gasteiger partial charge in [0.2, 0.25) is 0 Å². The van der Waals surface area contributed by atoms with Crippen LogP contribution in [0.25, 0.3) is 5.76 Å². The largest absolute Gasteiger partial charge is 0.507 e. The summed E-state index contributed by atoms with van der Waals surface area (Å²) in [6.07, 6.45) is 1.47. The number of methoxy groups -OCH3 is 1. The van der Waals surface area contributed by atoms with E-state index in [1.54, 1.807) is 18.2 Å². The Morgan fingerprint density at radius 1 is 1.18 bits per heavy atom. The summed E-state index contributed by atoms with van der Waals surface area (Å²) in [4.78, 5) is 27.6. The van der Waals surface area contributed by atoms with Crippen LogP contribution in [0.1, 0.15) is 36.9 Å². The highest BCUT2D eigenvalue weighted by Crippen LogP contribution is 2.42. The predicted octanol–water partition coefficient (Wildman–Crippen LogP) is 3.83. The molecule has 0 unspecified atom stereocenters. The molecule has 7 nitrogen and oxygen atoms in total. The predicted molar refractivity (Wildman–Crippen MR) is 119 cm³/mol. The fourth-order valence-electron chi connectivity index (χ4n) is 4.31.